The maximum absolute atomic E-state index is 12.4. The van der Waals surface area contributed by atoms with Crippen LogP contribution < -0.4 is 15.8 Å². The standard InChI is InChI=1S/C15H18N2O2.C11H22N2O3.C2H6/c1-9-8-12(7-6-11-4-5-11)13-14(19-9)16-10(2)17(3)15(13)18;1-8-7-13(6-5-9(8)12-15)10(14)16-11(2,3)4;1-2/h8,11H,1,4-7H2,2-3H3;8-9,12,15H,5-7H2,1-4H3;1-2H3/t;8-,9?;/m.1./s1. The van der Waals surface area contributed by atoms with E-state index in [4.69, 9.17) is 14.7 Å². The van der Waals surface area contributed by atoms with E-state index in [-0.39, 0.29) is 23.6 Å². The number of nitrogens with zero attached hydrogens (tertiary/aromatic N) is 3. The number of likely N-dealkylation sites (tertiary alicyclic amines) is 1. The molecule has 2 N–H and O–H groups in total. The minimum absolute atomic E-state index is 0.0305. The van der Waals surface area contributed by atoms with Gasteiger partial charge in [0.15, 0.2) is 0 Å². The number of nitrogens with one attached hydrogen (secondary N) is 1. The predicted octanol–water partition coefficient (Wildman–Crippen LogP) is 5.21. The van der Waals surface area contributed by atoms with Crippen LogP contribution in [0, 0.1) is 18.8 Å². The smallest absolute Gasteiger partial charge is 0.410 e. The van der Waals surface area contributed by atoms with Gasteiger partial charge in [-0.1, -0.05) is 40.2 Å². The Labute approximate surface area is 221 Å². The topological polar surface area (TPSA) is 106 Å². The van der Waals surface area contributed by atoms with Crippen molar-refractivity contribution in [2.45, 2.75) is 92.2 Å². The zero-order valence-corrected chi connectivity index (χ0v) is 23.9. The summed E-state index contributed by atoms with van der Waals surface area (Å²) in [6, 6.07) is 0.0682. The average Bonchev–Trinajstić information content (AvgIpc) is 3.66. The Kier molecular flexibility index (Phi) is 10.9. The highest BCUT2D eigenvalue weighted by Crippen LogP contribution is 2.38. The van der Waals surface area contributed by atoms with Gasteiger partial charge in [-0.25, -0.2) is 10.3 Å². The summed E-state index contributed by atoms with van der Waals surface area (Å²) in [6.07, 6.45) is 7.04. The number of allylic oxidation sites excluding steroid dienone is 2. The molecular weight excluding hydrogens is 472 g/mol. The maximum atomic E-state index is 12.4. The summed E-state index contributed by atoms with van der Waals surface area (Å²) in [5, 5.41) is 8.89. The van der Waals surface area contributed by atoms with Crippen LogP contribution in [0.5, 0.6) is 5.88 Å². The highest BCUT2D eigenvalue weighted by atomic mass is 16.6. The van der Waals surface area contributed by atoms with Crippen LogP contribution in [0.25, 0.3) is 5.57 Å². The second-order valence-corrected chi connectivity index (χ2v) is 10.9. The first kappa shape index (κ1) is 30.6. The second-order valence-electron chi connectivity index (χ2n) is 10.9. The molecule has 1 aliphatic carbocycles. The minimum Gasteiger partial charge on any atom is -0.444 e. The zero-order valence-electron chi connectivity index (χ0n) is 23.9. The van der Waals surface area contributed by atoms with E-state index in [0.29, 0.717) is 36.1 Å². The number of rotatable bonds is 4. The maximum Gasteiger partial charge on any atom is 0.410 e. The predicted molar refractivity (Wildman–Crippen MR) is 146 cm³/mol. The van der Waals surface area contributed by atoms with Crippen molar-refractivity contribution in [1.82, 2.24) is 19.9 Å². The second kappa shape index (κ2) is 13.2. The van der Waals surface area contributed by atoms with Gasteiger partial charge >= 0.3 is 6.09 Å². The third-order valence-corrected chi connectivity index (χ3v) is 6.61. The summed E-state index contributed by atoms with van der Waals surface area (Å²) >= 11 is 0. The average molecular weight is 519 g/mol. The molecule has 1 saturated heterocycles. The number of carbonyl (C=O) groups is 1. The van der Waals surface area contributed by atoms with Crippen LogP contribution in [0.3, 0.4) is 0 Å². The van der Waals surface area contributed by atoms with Crippen LogP contribution in [0.1, 0.15) is 85.0 Å². The minimum atomic E-state index is -0.452. The molecule has 9 heteroatoms. The molecule has 1 aromatic rings. The van der Waals surface area contributed by atoms with Crippen molar-refractivity contribution in [1.29, 1.82) is 0 Å². The molecule has 3 heterocycles. The van der Waals surface area contributed by atoms with E-state index in [1.54, 1.807) is 23.4 Å². The molecule has 0 bridgehead atoms. The molecule has 0 radical (unpaired) electrons. The van der Waals surface area contributed by atoms with Gasteiger partial charge in [0.05, 0.1) is 0 Å². The first-order valence-electron chi connectivity index (χ1n) is 13.4. The van der Waals surface area contributed by atoms with Gasteiger partial charge in [0.1, 0.15) is 22.7 Å². The highest BCUT2D eigenvalue weighted by molar-refractivity contribution is 5.72. The van der Waals surface area contributed by atoms with Crippen LogP contribution in [-0.2, 0) is 11.8 Å². The first-order chi connectivity index (χ1) is 17.4. The molecule has 1 saturated carbocycles. The van der Waals surface area contributed by atoms with Gasteiger partial charge in [-0.05, 0) is 70.4 Å². The van der Waals surface area contributed by atoms with Crippen LogP contribution in [-0.4, -0.2) is 50.5 Å². The molecule has 2 aliphatic heterocycles. The number of fused-ring (bicyclic) bond motifs is 1. The van der Waals surface area contributed by atoms with Gasteiger partial charge in [-0.15, -0.1) is 0 Å². The number of ether oxygens (including phenoxy) is 2. The van der Waals surface area contributed by atoms with E-state index in [1.807, 2.05) is 47.6 Å². The molecule has 37 heavy (non-hydrogen) atoms. The number of hydroxylamine groups is 1. The molecule has 3 aliphatic rings. The highest BCUT2D eigenvalue weighted by Gasteiger charge is 2.31. The number of aromatic nitrogens is 2. The lowest BCUT2D eigenvalue weighted by atomic mass is 9.95. The molecule has 2 atom stereocenters. The fraction of sp³-hybridized carbons (Fsp3) is 0.679. The van der Waals surface area contributed by atoms with Crippen LogP contribution in [0.2, 0.25) is 0 Å². The number of carbonyl (C=O) groups excluding carboxylic acids is 1. The quantitative estimate of drug-likeness (QED) is 0.527. The summed E-state index contributed by atoms with van der Waals surface area (Å²) in [7, 11) is 1.74. The van der Waals surface area contributed by atoms with Crippen molar-refractivity contribution in [2.24, 2.45) is 18.9 Å². The lowest BCUT2D eigenvalue weighted by Gasteiger charge is -2.36. The molecule has 208 valence electrons. The van der Waals surface area contributed by atoms with Gasteiger partial charge in [0.2, 0.25) is 5.88 Å². The zero-order chi connectivity index (χ0) is 27.9. The van der Waals surface area contributed by atoms with Crippen molar-refractivity contribution in [3.63, 3.8) is 0 Å². The Morgan fingerprint density at radius 1 is 1.30 bits per heavy atom. The Morgan fingerprint density at radius 2 is 1.95 bits per heavy atom. The molecule has 1 amide bonds. The number of hydrogen-bond acceptors (Lipinski definition) is 7. The largest absolute Gasteiger partial charge is 0.444 e. The van der Waals surface area contributed by atoms with Crippen LogP contribution in [0.4, 0.5) is 4.79 Å². The molecule has 4 rings (SSSR count). The fourth-order valence-electron chi connectivity index (χ4n) is 4.25. The van der Waals surface area contributed by atoms with E-state index >= 15 is 0 Å². The molecule has 9 nitrogen and oxygen atoms in total. The number of hydrogen-bond donors (Lipinski definition) is 2. The molecular formula is C28H46N4O5. The third kappa shape index (κ3) is 8.71. The molecule has 1 aromatic heterocycles. The number of amides is 1. The number of piperidine rings is 1. The lowest BCUT2D eigenvalue weighted by molar-refractivity contribution is 0.00341. The molecule has 1 unspecified atom stereocenters. The Morgan fingerprint density at radius 3 is 2.49 bits per heavy atom. The summed E-state index contributed by atoms with van der Waals surface area (Å²) in [5.41, 5.74) is 3.43. The monoisotopic (exact) mass is 518 g/mol. The van der Waals surface area contributed by atoms with Crippen molar-refractivity contribution < 1.29 is 19.5 Å². The Balaban J connectivity index is 0.000000248. The van der Waals surface area contributed by atoms with Gasteiger partial charge in [0, 0.05) is 26.2 Å². The van der Waals surface area contributed by atoms with Gasteiger partial charge < -0.3 is 19.6 Å². The van der Waals surface area contributed by atoms with Crippen molar-refractivity contribution in [2.75, 3.05) is 13.1 Å². The summed E-state index contributed by atoms with van der Waals surface area (Å²) in [6.45, 7) is 18.5. The van der Waals surface area contributed by atoms with Crippen molar-refractivity contribution >= 4 is 11.7 Å². The third-order valence-electron chi connectivity index (χ3n) is 6.61. The van der Waals surface area contributed by atoms with Crippen LogP contribution in [0.15, 0.2) is 23.2 Å². The Bertz CT molecular complexity index is 1040. The van der Waals surface area contributed by atoms with E-state index in [0.717, 1.165) is 30.8 Å². The molecule has 2 fully saturated rings. The molecule has 0 spiro atoms. The van der Waals surface area contributed by atoms with Gasteiger partial charge in [0.25, 0.3) is 5.56 Å². The van der Waals surface area contributed by atoms with E-state index in [1.165, 1.54) is 12.8 Å². The van der Waals surface area contributed by atoms with E-state index in [9.17, 15) is 9.59 Å². The normalized spacial score (nSPS) is 20.8. The van der Waals surface area contributed by atoms with Crippen molar-refractivity contribution in [3.8, 4) is 5.88 Å². The fourth-order valence-corrected chi connectivity index (χ4v) is 4.25. The van der Waals surface area contributed by atoms with E-state index < -0.39 is 5.60 Å². The summed E-state index contributed by atoms with van der Waals surface area (Å²) in [5.74, 6) is 2.70. The Hall–Kier alpha value is -2.65. The van der Waals surface area contributed by atoms with Crippen molar-refractivity contribution in [3.05, 3.63) is 40.2 Å². The summed E-state index contributed by atoms with van der Waals surface area (Å²) < 4.78 is 12.4. The SMILES string of the molecule is C=C1C=C(CCC2CC2)c2c(nc(C)n(C)c2=O)O1.CC.C[C@@H]1CN(C(=O)OC(C)(C)C)CCC1NO. The number of aryl methyl sites for hydroxylation is 1. The van der Waals surface area contributed by atoms with Gasteiger partial charge in [-0.2, -0.15) is 4.98 Å². The lowest BCUT2D eigenvalue weighted by Crippen LogP contribution is -2.50. The summed E-state index contributed by atoms with van der Waals surface area (Å²) in [4.78, 5) is 30.2. The van der Waals surface area contributed by atoms with Crippen LogP contribution >= 0.6 is 0 Å². The first-order valence-corrected chi connectivity index (χ1v) is 13.4. The molecule has 0 aromatic carbocycles. The van der Waals surface area contributed by atoms with E-state index in [2.05, 4.69) is 17.0 Å². The van der Waals surface area contributed by atoms with Gasteiger partial charge in [-0.3, -0.25) is 9.36 Å².